The molecule has 1 amide bonds. The number of carboxylic acids is 1. The number of nitrogens with zero attached hydrogens (tertiary/aromatic N) is 1. The highest BCUT2D eigenvalue weighted by molar-refractivity contribution is 5.72. The molecule has 0 aliphatic rings. The molecule has 0 bridgehead atoms. The number of anilines is 1. The van der Waals surface area contributed by atoms with Crippen LogP contribution in [0.3, 0.4) is 0 Å². The van der Waals surface area contributed by atoms with Crippen molar-refractivity contribution in [1.82, 2.24) is 4.57 Å². The number of carbonyl (C=O) groups is 2. The Balaban J connectivity index is 2.05. The third kappa shape index (κ3) is 3.77. The van der Waals surface area contributed by atoms with Gasteiger partial charge >= 0.3 is 5.97 Å². The Morgan fingerprint density at radius 1 is 1.00 bits per heavy atom. The van der Waals surface area contributed by atoms with Crippen molar-refractivity contribution in [3.63, 3.8) is 0 Å². The van der Waals surface area contributed by atoms with Gasteiger partial charge in [0.05, 0.1) is 12.1 Å². The highest BCUT2D eigenvalue weighted by Crippen LogP contribution is 2.28. The Morgan fingerprint density at radius 2 is 1.72 bits per heavy atom. The molecule has 0 saturated heterocycles. The molecular formula is C20H18N2O3. The summed E-state index contributed by atoms with van der Waals surface area (Å²) in [5.74, 6) is -0.820. The molecule has 0 unspecified atom stereocenters. The summed E-state index contributed by atoms with van der Waals surface area (Å²) in [4.78, 5) is 21.5. The zero-order valence-electron chi connectivity index (χ0n) is 13.6. The average molecular weight is 334 g/mol. The molecule has 25 heavy (non-hydrogen) atoms. The Bertz CT molecular complexity index is 868. The smallest absolute Gasteiger partial charge is 0.303 e. The van der Waals surface area contributed by atoms with E-state index in [1.54, 1.807) is 0 Å². The van der Waals surface area contributed by atoms with E-state index in [1.165, 1.54) is 0 Å². The monoisotopic (exact) mass is 334 g/mol. The van der Waals surface area contributed by atoms with Gasteiger partial charge in [0.2, 0.25) is 6.41 Å². The molecular weight excluding hydrogens is 316 g/mol. The molecule has 1 heterocycles. The third-order valence-corrected chi connectivity index (χ3v) is 3.98. The largest absolute Gasteiger partial charge is 0.481 e. The van der Waals surface area contributed by atoms with Gasteiger partial charge in [0.15, 0.2) is 0 Å². The van der Waals surface area contributed by atoms with Crippen molar-refractivity contribution in [3.8, 4) is 16.9 Å². The van der Waals surface area contributed by atoms with Crippen LogP contribution in [0.25, 0.3) is 16.9 Å². The first-order chi connectivity index (χ1) is 12.2. The van der Waals surface area contributed by atoms with E-state index < -0.39 is 5.97 Å². The van der Waals surface area contributed by atoms with Crippen LogP contribution in [0, 0.1) is 0 Å². The van der Waals surface area contributed by atoms with Gasteiger partial charge in [-0.15, -0.1) is 0 Å². The van der Waals surface area contributed by atoms with E-state index in [4.69, 9.17) is 5.11 Å². The second kappa shape index (κ2) is 7.49. The first-order valence-electron chi connectivity index (χ1n) is 7.97. The highest BCUT2D eigenvalue weighted by Gasteiger charge is 2.13. The summed E-state index contributed by atoms with van der Waals surface area (Å²) in [6, 6.07) is 21.4. The predicted molar refractivity (Wildman–Crippen MR) is 96.8 cm³/mol. The maximum atomic E-state index is 11.0. The molecule has 0 spiro atoms. The molecule has 0 aliphatic carbocycles. The van der Waals surface area contributed by atoms with E-state index in [0.717, 1.165) is 22.6 Å². The number of aliphatic carboxylic acids is 1. The van der Waals surface area contributed by atoms with E-state index in [1.807, 2.05) is 66.7 Å². The zero-order chi connectivity index (χ0) is 17.6. The molecule has 0 fully saturated rings. The first-order valence-corrected chi connectivity index (χ1v) is 7.97. The highest BCUT2D eigenvalue weighted by atomic mass is 16.4. The summed E-state index contributed by atoms with van der Waals surface area (Å²) in [5, 5.41) is 11.6. The number of aromatic nitrogens is 1. The second-order valence-corrected chi connectivity index (χ2v) is 5.61. The lowest BCUT2D eigenvalue weighted by atomic mass is 10.1. The maximum absolute atomic E-state index is 11.0. The molecule has 0 aliphatic heterocycles. The molecule has 2 N–H and O–H groups in total. The Morgan fingerprint density at radius 3 is 2.36 bits per heavy atom. The summed E-state index contributed by atoms with van der Waals surface area (Å²) in [6.45, 7) is 0. The van der Waals surface area contributed by atoms with E-state index in [2.05, 4.69) is 9.88 Å². The minimum atomic E-state index is -0.820. The fourth-order valence-corrected chi connectivity index (χ4v) is 2.82. The van der Waals surface area contributed by atoms with Crippen LogP contribution >= 0.6 is 0 Å². The Hall–Kier alpha value is -3.34. The minimum absolute atomic E-state index is 0.0724. The molecule has 1 aromatic heterocycles. The van der Waals surface area contributed by atoms with E-state index in [0.29, 0.717) is 18.5 Å². The van der Waals surface area contributed by atoms with Crippen LogP contribution in [-0.4, -0.2) is 22.1 Å². The number of hydrogen-bond acceptors (Lipinski definition) is 2. The lowest BCUT2D eigenvalue weighted by Gasteiger charge is -2.14. The van der Waals surface area contributed by atoms with Crippen molar-refractivity contribution in [2.75, 3.05) is 5.32 Å². The number of carbonyl (C=O) groups excluding carboxylic acids is 1. The zero-order valence-corrected chi connectivity index (χ0v) is 13.6. The Kier molecular flexibility index (Phi) is 4.95. The van der Waals surface area contributed by atoms with Gasteiger partial charge in [-0.1, -0.05) is 30.3 Å². The normalized spacial score (nSPS) is 10.4. The molecule has 0 atom stereocenters. The van der Waals surface area contributed by atoms with E-state index >= 15 is 0 Å². The number of nitrogens with one attached hydrogen (secondary N) is 1. The van der Waals surface area contributed by atoms with Crippen molar-refractivity contribution in [2.45, 2.75) is 12.8 Å². The number of rotatable bonds is 7. The van der Waals surface area contributed by atoms with Gasteiger partial charge in [0.25, 0.3) is 0 Å². The van der Waals surface area contributed by atoms with Crippen molar-refractivity contribution in [1.29, 1.82) is 0 Å². The maximum Gasteiger partial charge on any atom is 0.303 e. The number of hydrogen-bond donors (Lipinski definition) is 2. The van der Waals surface area contributed by atoms with Gasteiger partial charge in [0, 0.05) is 17.1 Å². The number of amides is 1. The molecule has 3 aromatic rings. The lowest BCUT2D eigenvalue weighted by molar-refractivity contribution is -0.137. The van der Waals surface area contributed by atoms with Crippen LogP contribution in [0.5, 0.6) is 0 Å². The molecule has 3 rings (SSSR count). The van der Waals surface area contributed by atoms with Crippen LogP contribution in [0.2, 0.25) is 0 Å². The van der Waals surface area contributed by atoms with Crippen LogP contribution in [0.15, 0.2) is 66.7 Å². The molecule has 5 nitrogen and oxygen atoms in total. The van der Waals surface area contributed by atoms with Crippen LogP contribution in [-0.2, 0) is 16.0 Å². The SMILES string of the molecule is O=CNc1ccc(-n2c(CCC(=O)O)ccc2-c2ccccc2)cc1. The number of aryl methyl sites for hydroxylation is 1. The summed E-state index contributed by atoms with van der Waals surface area (Å²) in [7, 11) is 0. The predicted octanol–water partition coefficient (Wildman–Crippen LogP) is 3.73. The standard InChI is InChI=1S/C20H18N2O3/c23-14-21-16-6-8-17(9-7-16)22-18(11-13-20(24)25)10-12-19(22)15-4-2-1-3-5-15/h1-10,12,14H,11,13H2,(H,21,23)(H,24,25). The van der Waals surface area contributed by atoms with Gasteiger partial charge in [0.1, 0.15) is 0 Å². The molecule has 126 valence electrons. The topological polar surface area (TPSA) is 71.3 Å². The van der Waals surface area contributed by atoms with Crippen molar-refractivity contribution >= 4 is 18.1 Å². The van der Waals surface area contributed by atoms with Crippen LogP contribution in [0.1, 0.15) is 12.1 Å². The molecule has 0 radical (unpaired) electrons. The number of carboxylic acid groups (broad SMARTS) is 1. The van der Waals surface area contributed by atoms with Crippen LogP contribution in [0.4, 0.5) is 5.69 Å². The average Bonchev–Trinajstić information content (AvgIpc) is 3.05. The number of benzene rings is 2. The fraction of sp³-hybridized carbons (Fsp3) is 0.100. The first kappa shape index (κ1) is 16.5. The molecule has 0 saturated carbocycles. The Labute approximate surface area is 145 Å². The lowest BCUT2D eigenvalue weighted by Crippen LogP contribution is -2.05. The summed E-state index contributed by atoms with van der Waals surface area (Å²) >= 11 is 0. The van der Waals surface area contributed by atoms with Gasteiger partial charge in [-0.05, 0) is 48.4 Å². The quantitative estimate of drug-likeness (QED) is 0.647. The van der Waals surface area contributed by atoms with Gasteiger partial charge < -0.3 is 15.0 Å². The summed E-state index contributed by atoms with van der Waals surface area (Å²) < 4.78 is 2.06. The minimum Gasteiger partial charge on any atom is -0.481 e. The van der Waals surface area contributed by atoms with E-state index in [9.17, 15) is 9.59 Å². The molecule has 5 heteroatoms. The fourth-order valence-electron chi connectivity index (χ4n) is 2.82. The van der Waals surface area contributed by atoms with Crippen molar-refractivity contribution in [3.05, 3.63) is 72.4 Å². The summed E-state index contributed by atoms with van der Waals surface area (Å²) in [5.41, 5.74) is 4.61. The summed E-state index contributed by atoms with van der Waals surface area (Å²) in [6.07, 6.45) is 1.15. The van der Waals surface area contributed by atoms with Gasteiger partial charge in [-0.2, -0.15) is 0 Å². The molecule has 2 aromatic carbocycles. The van der Waals surface area contributed by atoms with Gasteiger partial charge in [-0.25, -0.2) is 0 Å². The van der Waals surface area contributed by atoms with Crippen molar-refractivity contribution < 1.29 is 14.7 Å². The second-order valence-electron chi connectivity index (χ2n) is 5.61. The van der Waals surface area contributed by atoms with Crippen LogP contribution < -0.4 is 5.32 Å². The van der Waals surface area contributed by atoms with Gasteiger partial charge in [-0.3, -0.25) is 9.59 Å². The third-order valence-electron chi connectivity index (χ3n) is 3.98. The van der Waals surface area contributed by atoms with E-state index in [-0.39, 0.29) is 6.42 Å². The van der Waals surface area contributed by atoms with Crippen molar-refractivity contribution in [2.24, 2.45) is 0 Å².